The molecule has 1 saturated carbocycles. The van der Waals surface area contributed by atoms with Crippen LogP contribution in [0.3, 0.4) is 0 Å². The van der Waals surface area contributed by atoms with E-state index in [1.165, 1.54) is 24.1 Å². The van der Waals surface area contributed by atoms with Gasteiger partial charge in [-0.15, -0.1) is 0 Å². The van der Waals surface area contributed by atoms with E-state index in [1.807, 2.05) is 4.90 Å². The first-order valence-corrected chi connectivity index (χ1v) is 8.21. The summed E-state index contributed by atoms with van der Waals surface area (Å²) in [5, 5.41) is 3.22. The molecule has 1 unspecified atom stereocenters. The van der Waals surface area contributed by atoms with Gasteiger partial charge in [-0.1, -0.05) is 31.0 Å². The van der Waals surface area contributed by atoms with E-state index < -0.39 is 0 Å². The lowest BCUT2D eigenvalue weighted by atomic mass is 10.1. The summed E-state index contributed by atoms with van der Waals surface area (Å²) in [6.45, 7) is 2.65. The van der Waals surface area contributed by atoms with Gasteiger partial charge in [0.05, 0.1) is 6.04 Å². The van der Waals surface area contributed by atoms with Crippen LogP contribution >= 0.6 is 0 Å². The highest BCUT2D eigenvalue weighted by Crippen LogP contribution is 2.33. The Labute approximate surface area is 126 Å². The number of urea groups is 1. The van der Waals surface area contributed by atoms with Crippen LogP contribution in [0, 0.1) is 0 Å². The number of piperazine rings is 1. The second-order valence-corrected chi connectivity index (χ2v) is 6.56. The summed E-state index contributed by atoms with van der Waals surface area (Å²) in [4.78, 5) is 16.9. The molecule has 4 nitrogen and oxygen atoms in total. The van der Waals surface area contributed by atoms with E-state index in [0.29, 0.717) is 12.1 Å². The molecular weight excluding hydrogens is 262 g/mol. The summed E-state index contributed by atoms with van der Waals surface area (Å²) < 4.78 is 0. The largest absolute Gasteiger partial charge is 0.364 e. The fraction of sp³-hybridized carbons (Fsp3) is 0.588. The topological polar surface area (TPSA) is 35.6 Å². The van der Waals surface area contributed by atoms with Crippen molar-refractivity contribution in [3.8, 4) is 0 Å². The number of nitrogens with zero attached hydrogens (tertiary/aromatic N) is 2. The first-order chi connectivity index (χ1) is 10.3. The predicted molar refractivity (Wildman–Crippen MR) is 83.6 cm³/mol. The van der Waals surface area contributed by atoms with Gasteiger partial charge in [0.15, 0.2) is 0 Å². The zero-order chi connectivity index (χ0) is 14.2. The lowest BCUT2D eigenvalue weighted by Crippen LogP contribution is -2.56. The van der Waals surface area contributed by atoms with Crippen molar-refractivity contribution in [2.24, 2.45) is 0 Å². The van der Waals surface area contributed by atoms with E-state index in [4.69, 9.17) is 0 Å². The van der Waals surface area contributed by atoms with Gasteiger partial charge in [-0.05, 0) is 30.9 Å². The molecule has 1 aromatic rings. The van der Waals surface area contributed by atoms with Crippen LogP contribution in [-0.4, -0.2) is 42.6 Å². The van der Waals surface area contributed by atoms with Crippen molar-refractivity contribution in [2.45, 2.75) is 44.2 Å². The molecule has 2 heterocycles. The van der Waals surface area contributed by atoms with Gasteiger partial charge in [0.2, 0.25) is 0 Å². The molecule has 0 aromatic heterocycles. The maximum absolute atomic E-state index is 12.4. The molecule has 21 heavy (non-hydrogen) atoms. The van der Waals surface area contributed by atoms with Gasteiger partial charge in [0.1, 0.15) is 0 Å². The lowest BCUT2D eigenvalue weighted by Gasteiger charge is -2.39. The number of rotatable bonds is 1. The van der Waals surface area contributed by atoms with Gasteiger partial charge in [0, 0.05) is 31.4 Å². The molecule has 2 aliphatic heterocycles. The van der Waals surface area contributed by atoms with E-state index in [0.717, 1.165) is 38.9 Å². The van der Waals surface area contributed by atoms with Crippen LogP contribution in [0.5, 0.6) is 0 Å². The van der Waals surface area contributed by atoms with E-state index in [1.54, 1.807) is 0 Å². The second-order valence-electron chi connectivity index (χ2n) is 6.56. The van der Waals surface area contributed by atoms with Crippen LogP contribution in [0.15, 0.2) is 24.3 Å². The molecule has 0 bridgehead atoms. The molecule has 1 aromatic carbocycles. The number of carbonyl (C=O) groups excluding carboxylic acids is 1. The smallest absolute Gasteiger partial charge is 0.317 e. The highest BCUT2D eigenvalue weighted by Gasteiger charge is 2.35. The summed E-state index contributed by atoms with van der Waals surface area (Å²) >= 11 is 0. The molecule has 2 fully saturated rings. The number of amides is 2. The normalized spacial score (nSPS) is 24.9. The molecule has 112 valence electrons. The molecule has 4 heteroatoms. The number of nitrogens with one attached hydrogen (secondary N) is 1. The third-order valence-electron chi connectivity index (χ3n) is 5.21. The predicted octanol–water partition coefficient (Wildman–Crippen LogP) is 2.39. The number of benzene rings is 1. The number of hydrogen-bond donors (Lipinski definition) is 1. The van der Waals surface area contributed by atoms with Crippen LogP contribution in [0.2, 0.25) is 0 Å². The van der Waals surface area contributed by atoms with Crippen molar-refractivity contribution < 1.29 is 4.79 Å². The van der Waals surface area contributed by atoms with E-state index in [9.17, 15) is 4.79 Å². The van der Waals surface area contributed by atoms with E-state index in [-0.39, 0.29) is 6.03 Å². The number of hydrogen-bond acceptors (Lipinski definition) is 2. The summed E-state index contributed by atoms with van der Waals surface area (Å²) in [6.07, 6.45) is 5.90. The number of para-hydroxylation sites is 1. The Morgan fingerprint density at radius 2 is 1.95 bits per heavy atom. The van der Waals surface area contributed by atoms with Crippen molar-refractivity contribution in [3.63, 3.8) is 0 Å². The number of fused-ring (bicyclic) bond motifs is 3. The van der Waals surface area contributed by atoms with Gasteiger partial charge in [-0.25, -0.2) is 4.79 Å². The molecular formula is C17H23N3O. The first kappa shape index (κ1) is 13.0. The minimum Gasteiger partial charge on any atom is -0.364 e. The summed E-state index contributed by atoms with van der Waals surface area (Å²) in [5.41, 5.74) is 2.80. The minimum absolute atomic E-state index is 0.150. The van der Waals surface area contributed by atoms with E-state index in [2.05, 4.69) is 34.5 Å². The maximum atomic E-state index is 12.4. The average molecular weight is 285 g/mol. The van der Waals surface area contributed by atoms with Crippen LogP contribution < -0.4 is 10.2 Å². The third-order valence-corrected chi connectivity index (χ3v) is 5.21. The minimum atomic E-state index is 0.150. The zero-order valence-corrected chi connectivity index (χ0v) is 12.4. The van der Waals surface area contributed by atoms with Crippen molar-refractivity contribution >= 4 is 11.7 Å². The molecule has 4 rings (SSSR count). The second kappa shape index (κ2) is 5.24. The Kier molecular flexibility index (Phi) is 3.24. The van der Waals surface area contributed by atoms with Crippen molar-refractivity contribution in [3.05, 3.63) is 29.8 Å². The molecule has 1 saturated heterocycles. The Morgan fingerprint density at radius 1 is 1.14 bits per heavy atom. The first-order valence-electron chi connectivity index (χ1n) is 8.21. The van der Waals surface area contributed by atoms with E-state index >= 15 is 0 Å². The Bertz CT molecular complexity index is 539. The molecule has 0 spiro atoms. The lowest BCUT2D eigenvalue weighted by molar-refractivity contribution is 0.182. The van der Waals surface area contributed by atoms with Crippen LogP contribution in [-0.2, 0) is 6.42 Å². The molecule has 2 amide bonds. The highest BCUT2D eigenvalue weighted by molar-refractivity contribution is 5.75. The Hall–Kier alpha value is -1.71. The Morgan fingerprint density at radius 3 is 2.81 bits per heavy atom. The third kappa shape index (κ3) is 2.37. The maximum Gasteiger partial charge on any atom is 0.317 e. The van der Waals surface area contributed by atoms with Gasteiger partial charge in [-0.2, -0.15) is 0 Å². The van der Waals surface area contributed by atoms with Crippen LogP contribution in [0.1, 0.15) is 31.2 Å². The molecule has 1 N–H and O–H groups in total. The summed E-state index contributed by atoms with van der Waals surface area (Å²) in [7, 11) is 0. The van der Waals surface area contributed by atoms with Gasteiger partial charge in [-0.3, -0.25) is 0 Å². The average Bonchev–Trinajstić information content (AvgIpc) is 3.13. The molecule has 1 aliphatic carbocycles. The Balaban J connectivity index is 1.40. The zero-order valence-electron chi connectivity index (χ0n) is 12.4. The van der Waals surface area contributed by atoms with Gasteiger partial charge in [0.25, 0.3) is 0 Å². The number of anilines is 1. The fourth-order valence-electron chi connectivity index (χ4n) is 4.09. The summed E-state index contributed by atoms with van der Waals surface area (Å²) in [6, 6.07) is 9.68. The quantitative estimate of drug-likeness (QED) is 0.860. The number of carbonyl (C=O) groups is 1. The highest BCUT2D eigenvalue weighted by atomic mass is 16.2. The summed E-state index contributed by atoms with van der Waals surface area (Å²) in [5.74, 6) is 0. The van der Waals surface area contributed by atoms with Crippen molar-refractivity contribution in [2.75, 3.05) is 24.5 Å². The molecule has 0 radical (unpaired) electrons. The monoisotopic (exact) mass is 285 g/mol. The molecule has 3 aliphatic rings. The van der Waals surface area contributed by atoms with Crippen LogP contribution in [0.25, 0.3) is 0 Å². The van der Waals surface area contributed by atoms with Gasteiger partial charge < -0.3 is 15.1 Å². The molecule has 1 atom stereocenters. The SMILES string of the molecule is O=C(NC1CCCC1)N1CCN2c3ccccc3CC2C1. The fourth-order valence-corrected chi connectivity index (χ4v) is 4.09. The van der Waals surface area contributed by atoms with Crippen molar-refractivity contribution in [1.29, 1.82) is 0 Å². The standard InChI is InChI=1S/C17H23N3O/c21-17(18-14-6-2-3-7-14)19-9-10-20-15(12-19)11-13-5-1-4-8-16(13)20/h1,4-5,8,14-15H,2-3,6-7,9-12H2,(H,18,21). The van der Waals surface area contributed by atoms with Gasteiger partial charge >= 0.3 is 6.03 Å². The van der Waals surface area contributed by atoms with Crippen molar-refractivity contribution in [1.82, 2.24) is 10.2 Å². The van der Waals surface area contributed by atoms with Crippen LogP contribution in [0.4, 0.5) is 10.5 Å².